The largest absolute Gasteiger partial charge is 0.485 e. The average molecular weight is 382 g/mol. The Labute approximate surface area is 163 Å². The fourth-order valence-corrected chi connectivity index (χ4v) is 2.55. The van der Waals surface area contributed by atoms with Gasteiger partial charge in [0.1, 0.15) is 19.1 Å². The molecule has 0 heterocycles. The SMILES string of the molecule is O=C(CCl)Nc1ccc(OCc2ccccc2)c(OCc2ccccc2)c1. The Bertz CT molecular complexity index is 869. The van der Waals surface area contributed by atoms with Crippen LogP contribution in [0.1, 0.15) is 11.1 Å². The van der Waals surface area contributed by atoms with Gasteiger partial charge in [-0.05, 0) is 23.3 Å². The molecule has 0 saturated heterocycles. The van der Waals surface area contributed by atoms with Crippen molar-refractivity contribution in [1.82, 2.24) is 0 Å². The maximum absolute atomic E-state index is 11.6. The van der Waals surface area contributed by atoms with Crippen LogP contribution in [0.4, 0.5) is 5.69 Å². The molecule has 0 radical (unpaired) electrons. The standard InChI is InChI=1S/C22H20ClNO3/c23-14-22(25)24-19-11-12-20(26-15-17-7-3-1-4-8-17)21(13-19)27-16-18-9-5-2-6-10-18/h1-13H,14-16H2,(H,24,25). The molecule has 1 N–H and O–H groups in total. The maximum atomic E-state index is 11.6. The van der Waals surface area contributed by atoms with Crippen molar-refractivity contribution in [1.29, 1.82) is 0 Å². The smallest absolute Gasteiger partial charge is 0.239 e. The molecule has 0 aliphatic heterocycles. The zero-order chi connectivity index (χ0) is 18.9. The van der Waals surface area contributed by atoms with Crippen molar-refractivity contribution in [2.45, 2.75) is 13.2 Å². The second-order valence-electron chi connectivity index (χ2n) is 5.89. The van der Waals surface area contributed by atoms with E-state index in [0.29, 0.717) is 30.4 Å². The van der Waals surface area contributed by atoms with Crippen molar-refractivity contribution in [3.05, 3.63) is 90.0 Å². The first-order valence-corrected chi connectivity index (χ1v) is 9.11. The topological polar surface area (TPSA) is 47.6 Å². The van der Waals surface area contributed by atoms with E-state index in [0.717, 1.165) is 11.1 Å². The van der Waals surface area contributed by atoms with Crippen molar-refractivity contribution in [2.75, 3.05) is 11.2 Å². The lowest BCUT2D eigenvalue weighted by molar-refractivity contribution is -0.113. The van der Waals surface area contributed by atoms with Crippen LogP contribution in [0, 0.1) is 0 Å². The Hall–Kier alpha value is -2.98. The number of anilines is 1. The molecule has 27 heavy (non-hydrogen) atoms. The molecule has 0 unspecified atom stereocenters. The summed E-state index contributed by atoms with van der Waals surface area (Å²) in [5.74, 6) is 0.788. The number of halogens is 1. The number of amides is 1. The van der Waals surface area contributed by atoms with Gasteiger partial charge in [-0.2, -0.15) is 0 Å². The highest BCUT2D eigenvalue weighted by Gasteiger charge is 2.10. The summed E-state index contributed by atoms with van der Waals surface area (Å²) in [7, 11) is 0. The summed E-state index contributed by atoms with van der Waals surface area (Å²) in [5.41, 5.74) is 2.71. The van der Waals surface area contributed by atoms with Gasteiger partial charge in [0.05, 0.1) is 0 Å². The normalized spacial score (nSPS) is 10.3. The van der Waals surface area contributed by atoms with Crippen molar-refractivity contribution in [2.24, 2.45) is 0 Å². The zero-order valence-corrected chi connectivity index (χ0v) is 15.5. The van der Waals surface area contributed by atoms with Crippen LogP contribution >= 0.6 is 11.6 Å². The third-order valence-electron chi connectivity index (χ3n) is 3.82. The number of carbonyl (C=O) groups is 1. The molecule has 0 atom stereocenters. The first-order chi connectivity index (χ1) is 13.2. The molecule has 0 aromatic heterocycles. The summed E-state index contributed by atoms with van der Waals surface area (Å²) in [6, 6.07) is 25.1. The average Bonchev–Trinajstić information content (AvgIpc) is 2.73. The van der Waals surface area contributed by atoms with E-state index in [1.54, 1.807) is 18.2 Å². The van der Waals surface area contributed by atoms with Crippen molar-refractivity contribution < 1.29 is 14.3 Å². The second kappa shape index (κ2) is 9.64. The minimum atomic E-state index is -0.274. The van der Waals surface area contributed by atoms with Gasteiger partial charge in [-0.1, -0.05) is 60.7 Å². The summed E-state index contributed by atoms with van der Waals surface area (Å²) >= 11 is 5.56. The van der Waals surface area contributed by atoms with Gasteiger partial charge in [0.25, 0.3) is 0 Å². The van der Waals surface area contributed by atoms with Gasteiger partial charge in [-0.3, -0.25) is 4.79 Å². The van der Waals surface area contributed by atoms with Crippen LogP contribution in [0.3, 0.4) is 0 Å². The molecule has 3 rings (SSSR count). The highest BCUT2D eigenvalue weighted by molar-refractivity contribution is 6.29. The summed E-state index contributed by atoms with van der Waals surface area (Å²) in [6.45, 7) is 0.825. The molecule has 5 heteroatoms. The molecule has 1 amide bonds. The summed E-state index contributed by atoms with van der Waals surface area (Å²) in [4.78, 5) is 11.6. The van der Waals surface area contributed by atoms with Gasteiger partial charge in [0.2, 0.25) is 5.91 Å². The molecule has 3 aromatic rings. The molecule has 3 aromatic carbocycles. The molecular formula is C22H20ClNO3. The third-order valence-corrected chi connectivity index (χ3v) is 4.07. The number of rotatable bonds is 8. The Morgan fingerprint density at radius 2 is 1.33 bits per heavy atom. The lowest BCUT2D eigenvalue weighted by Gasteiger charge is -2.15. The van der Waals surface area contributed by atoms with Crippen LogP contribution in [0.5, 0.6) is 11.5 Å². The predicted octanol–water partition coefficient (Wildman–Crippen LogP) is 5.02. The summed E-state index contributed by atoms with van der Waals surface area (Å²) in [5, 5.41) is 2.72. The van der Waals surface area contributed by atoms with Crippen LogP contribution in [-0.2, 0) is 18.0 Å². The monoisotopic (exact) mass is 381 g/mol. The van der Waals surface area contributed by atoms with Crippen LogP contribution in [0.15, 0.2) is 78.9 Å². The third kappa shape index (κ3) is 5.76. The molecule has 0 saturated carbocycles. The number of benzene rings is 3. The van der Waals surface area contributed by atoms with Crippen LogP contribution in [0.2, 0.25) is 0 Å². The van der Waals surface area contributed by atoms with E-state index >= 15 is 0 Å². The first kappa shape index (κ1) is 18.8. The Morgan fingerprint density at radius 1 is 0.778 bits per heavy atom. The van der Waals surface area contributed by atoms with Crippen LogP contribution in [0.25, 0.3) is 0 Å². The summed E-state index contributed by atoms with van der Waals surface area (Å²) < 4.78 is 11.9. The van der Waals surface area contributed by atoms with Gasteiger partial charge >= 0.3 is 0 Å². The second-order valence-corrected chi connectivity index (χ2v) is 6.16. The van der Waals surface area contributed by atoms with Gasteiger partial charge in [0.15, 0.2) is 11.5 Å². The molecule has 0 aliphatic carbocycles. The molecule has 0 spiro atoms. The number of carbonyl (C=O) groups excluding carboxylic acids is 1. The van der Waals surface area contributed by atoms with E-state index in [9.17, 15) is 4.79 Å². The Kier molecular flexibility index (Phi) is 6.72. The van der Waals surface area contributed by atoms with Crippen molar-refractivity contribution >= 4 is 23.2 Å². The fraction of sp³-hybridized carbons (Fsp3) is 0.136. The van der Waals surface area contributed by atoms with E-state index in [1.165, 1.54) is 0 Å². The Balaban J connectivity index is 1.76. The highest BCUT2D eigenvalue weighted by atomic mass is 35.5. The van der Waals surface area contributed by atoms with E-state index in [1.807, 2.05) is 60.7 Å². The minimum absolute atomic E-state index is 0.105. The molecule has 0 bridgehead atoms. The van der Waals surface area contributed by atoms with Crippen molar-refractivity contribution in [3.8, 4) is 11.5 Å². The highest BCUT2D eigenvalue weighted by Crippen LogP contribution is 2.32. The predicted molar refractivity (Wildman–Crippen MR) is 107 cm³/mol. The van der Waals surface area contributed by atoms with Gasteiger partial charge in [-0.15, -0.1) is 11.6 Å². The molecule has 0 aliphatic rings. The van der Waals surface area contributed by atoms with Crippen molar-refractivity contribution in [3.63, 3.8) is 0 Å². The lowest BCUT2D eigenvalue weighted by atomic mass is 10.2. The fourth-order valence-electron chi connectivity index (χ4n) is 2.48. The quantitative estimate of drug-likeness (QED) is 0.557. The van der Waals surface area contributed by atoms with E-state index in [-0.39, 0.29) is 11.8 Å². The minimum Gasteiger partial charge on any atom is -0.485 e. The van der Waals surface area contributed by atoms with E-state index in [4.69, 9.17) is 21.1 Å². The maximum Gasteiger partial charge on any atom is 0.239 e. The first-order valence-electron chi connectivity index (χ1n) is 8.58. The van der Waals surface area contributed by atoms with Crippen LogP contribution < -0.4 is 14.8 Å². The molecule has 4 nitrogen and oxygen atoms in total. The van der Waals surface area contributed by atoms with E-state index < -0.39 is 0 Å². The van der Waals surface area contributed by atoms with Gasteiger partial charge < -0.3 is 14.8 Å². The number of nitrogens with one attached hydrogen (secondary N) is 1. The zero-order valence-electron chi connectivity index (χ0n) is 14.7. The number of hydrogen-bond acceptors (Lipinski definition) is 3. The number of hydrogen-bond donors (Lipinski definition) is 1. The Morgan fingerprint density at radius 3 is 1.89 bits per heavy atom. The van der Waals surface area contributed by atoms with Crippen LogP contribution in [-0.4, -0.2) is 11.8 Å². The van der Waals surface area contributed by atoms with E-state index in [2.05, 4.69) is 5.32 Å². The van der Waals surface area contributed by atoms with Gasteiger partial charge in [0, 0.05) is 11.8 Å². The lowest BCUT2D eigenvalue weighted by Crippen LogP contribution is -2.12. The molecule has 138 valence electrons. The molecule has 0 fully saturated rings. The molecular weight excluding hydrogens is 362 g/mol. The van der Waals surface area contributed by atoms with Gasteiger partial charge in [-0.25, -0.2) is 0 Å². The summed E-state index contributed by atoms with van der Waals surface area (Å²) in [6.07, 6.45) is 0. The number of alkyl halides is 1. The number of ether oxygens (including phenoxy) is 2.